The lowest BCUT2D eigenvalue weighted by Gasteiger charge is -2.02. The van der Waals surface area contributed by atoms with Crippen molar-refractivity contribution in [3.8, 4) is 11.3 Å². The fourth-order valence-electron chi connectivity index (χ4n) is 1.15. The number of rotatable bonds is 1. The summed E-state index contributed by atoms with van der Waals surface area (Å²) >= 11 is 8.90. The van der Waals surface area contributed by atoms with Gasteiger partial charge < -0.3 is 0 Å². The average Bonchev–Trinajstić information content (AvgIpc) is 2.23. The third-order valence-electron chi connectivity index (χ3n) is 1.86. The van der Waals surface area contributed by atoms with Crippen LogP contribution in [0.25, 0.3) is 11.3 Å². The maximum absolute atomic E-state index is 13.4. The molecule has 0 unspecified atom stereocenters. The lowest BCUT2D eigenvalue weighted by Crippen LogP contribution is -1.91. The predicted octanol–water partition coefficient (Wildman–Crippen LogP) is 3.70. The third-order valence-corrected chi connectivity index (χ3v) is 2.97. The molecule has 15 heavy (non-hydrogen) atoms. The zero-order chi connectivity index (χ0) is 10.8. The van der Waals surface area contributed by atoms with Crippen molar-refractivity contribution in [2.45, 2.75) is 0 Å². The fourth-order valence-corrected chi connectivity index (χ4v) is 1.54. The number of halogens is 3. The summed E-state index contributed by atoms with van der Waals surface area (Å²) in [7, 11) is 0. The van der Waals surface area contributed by atoms with Gasteiger partial charge in [-0.05, 0) is 34.1 Å². The van der Waals surface area contributed by atoms with Gasteiger partial charge in [-0.15, -0.1) is 10.2 Å². The van der Waals surface area contributed by atoms with Crippen molar-refractivity contribution in [3.05, 3.63) is 45.8 Å². The first-order valence-corrected chi connectivity index (χ1v) is 5.29. The second-order valence-electron chi connectivity index (χ2n) is 2.85. The molecule has 5 heteroatoms. The summed E-state index contributed by atoms with van der Waals surface area (Å²) in [6.07, 6.45) is 0. The Morgan fingerprint density at radius 1 is 1.20 bits per heavy atom. The molecular weight excluding hydrogens is 282 g/mol. The van der Waals surface area contributed by atoms with Crippen LogP contribution in [0.5, 0.6) is 0 Å². The Balaban J connectivity index is 2.55. The monoisotopic (exact) mass is 286 g/mol. The van der Waals surface area contributed by atoms with E-state index in [2.05, 4.69) is 26.1 Å². The molecule has 0 aliphatic rings. The van der Waals surface area contributed by atoms with Gasteiger partial charge in [-0.2, -0.15) is 0 Å². The van der Waals surface area contributed by atoms with Gasteiger partial charge in [-0.25, -0.2) is 4.39 Å². The van der Waals surface area contributed by atoms with Crippen molar-refractivity contribution in [2.24, 2.45) is 0 Å². The van der Waals surface area contributed by atoms with E-state index in [0.717, 1.165) is 0 Å². The molecule has 76 valence electrons. The van der Waals surface area contributed by atoms with Gasteiger partial charge in [0, 0.05) is 5.56 Å². The van der Waals surface area contributed by atoms with Crippen molar-refractivity contribution >= 4 is 27.5 Å². The first-order chi connectivity index (χ1) is 7.18. The lowest BCUT2D eigenvalue weighted by molar-refractivity contribution is 0.630. The topological polar surface area (TPSA) is 25.8 Å². The van der Waals surface area contributed by atoms with E-state index in [-0.39, 0.29) is 11.0 Å². The molecule has 1 aromatic heterocycles. The Labute approximate surface area is 99.2 Å². The van der Waals surface area contributed by atoms with Crippen LogP contribution in [0, 0.1) is 5.82 Å². The summed E-state index contributed by atoms with van der Waals surface area (Å²) in [5.74, 6) is -0.332. The van der Waals surface area contributed by atoms with Crippen molar-refractivity contribution in [2.75, 3.05) is 0 Å². The molecule has 2 aromatic rings. The van der Waals surface area contributed by atoms with Crippen LogP contribution in [-0.2, 0) is 0 Å². The number of hydrogen-bond donors (Lipinski definition) is 0. The molecule has 1 aromatic carbocycles. The zero-order valence-electron chi connectivity index (χ0n) is 7.42. The average molecular weight is 288 g/mol. The molecule has 0 aliphatic heterocycles. The molecule has 0 aliphatic carbocycles. The largest absolute Gasteiger partial charge is 0.206 e. The van der Waals surface area contributed by atoms with E-state index in [1.807, 2.05) is 0 Å². The molecule has 0 atom stereocenters. The molecule has 0 saturated carbocycles. The van der Waals surface area contributed by atoms with Crippen LogP contribution in [0.4, 0.5) is 4.39 Å². The third kappa shape index (κ3) is 2.16. The Hall–Kier alpha value is -1.00. The minimum atomic E-state index is -0.332. The summed E-state index contributed by atoms with van der Waals surface area (Å²) in [5, 5.41) is 7.78. The standard InChI is InChI=1S/C10H5BrClFN2/c11-7-5-9(14-15-10(7)12)6-3-1-2-4-8(6)13/h1-5H. The quantitative estimate of drug-likeness (QED) is 0.799. The summed E-state index contributed by atoms with van der Waals surface area (Å²) in [5.41, 5.74) is 0.853. The van der Waals surface area contributed by atoms with Crippen LogP contribution in [0.3, 0.4) is 0 Å². The SMILES string of the molecule is Fc1ccccc1-c1cc(Br)c(Cl)nn1. The highest BCUT2D eigenvalue weighted by Gasteiger charge is 2.08. The Bertz CT molecular complexity index is 505. The zero-order valence-corrected chi connectivity index (χ0v) is 9.76. The highest BCUT2D eigenvalue weighted by molar-refractivity contribution is 9.10. The van der Waals surface area contributed by atoms with Crippen LogP contribution < -0.4 is 0 Å². The van der Waals surface area contributed by atoms with Crippen molar-refractivity contribution < 1.29 is 4.39 Å². The highest BCUT2D eigenvalue weighted by Crippen LogP contribution is 2.26. The first kappa shape index (κ1) is 10.5. The molecule has 1 heterocycles. The minimum absolute atomic E-state index is 0.259. The molecule has 0 saturated heterocycles. The van der Waals surface area contributed by atoms with Gasteiger partial charge >= 0.3 is 0 Å². The smallest absolute Gasteiger partial charge is 0.165 e. The Morgan fingerprint density at radius 2 is 1.93 bits per heavy atom. The van der Waals surface area contributed by atoms with Gasteiger partial charge in [0.2, 0.25) is 0 Å². The molecule has 0 spiro atoms. The normalized spacial score (nSPS) is 10.3. The number of benzene rings is 1. The van der Waals surface area contributed by atoms with Crippen LogP contribution in [-0.4, -0.2) is 10.2 Å². The van der Waals surface area contributed by atoms with Crippen molar-refractivity contribution in [3.63, 3.8) is 0 Å². The van der Waals surface area contributed by atoms with Crippen LogP contribution in [0.15, 0.2) is 34.8 Å². The van der Waals surface area contributed by atoms with Gasteiger partial charge in [-0.3, -0.25) is 0 Å². The van der Waals surface area contributed by atoms with Crippen molar-refractivity contribution in [1.82, 2.24) is 10.2 Å². The molecule has 0 radical (unpaired) electrons. The van der Waals surface area contributed by atoms with E-state index in [9.17, 15) is 4.39 Å². The number of nitrogens with zero attached hydrogens (tertiary/aromatic N) is 2. The molecule has 0 bridgehead atoms. The minimum Gasteiger partial charge on any atom is -0.206 e. The van der Waals surface area contributed by atoms with E-state index < -0.39 is 0 Å². The lowest BCUT2D eigenvalue weighted by atomic mass is 10.1. The van der Waals surface area contributed by atoms with E-state index >= 15 is 0 Å². The maximum Gasteiger partial charge on any atom is 0.165 e. The van der Waals surface area contributed by atoms with Crippen molar-refractivity contribution in [1.29, 1.82) is 0 Å². The summed E-state index contributed by atoms with van der Waals surface area (Å²) in [6, 6.07) is 8.01. The number of aromatic nitrogens is 2. The van der Waals surface area contributed by atoms with Gasteiger partial charge in [-0.1, -0.05) is 23.7 Å². The molecular formula is C10H5BrClFN2. The van der Waals surface area contributed by atoms with Gasteiger partial charge in [0.25, 0.3) is 0 Å². The summed E-state index contributed by atoms with van der Waals surface area (Å²) < 4.78 is 14.0. The highest BCUT2D eigenvalue weighted by atomic mass is 79.9. The van der Waals surface area contributed by atoms with Crippen LogP contribution in [0.2, 0.25) is 5.15 Å². The van der Waals surface area contributed by atoms with E-state index in [1.54, 1.807) is 24.3 Å². The molecule has 2 nitrogen and oxygen atoms in total. The van der Waals surface area contributed by atoms with Gasteiger partial charge in [0.1, 0.15) is 5.82 Å². The maximum atomic E-state index is 13.4. The summed E-state index contributed by atoms with van der Waals surface area (Å²) in [4.78, 5) is 0. The van der Waals surface area contributed by atoms with E-state index in [4.69, 9.17) is 11.6 Å². The first-order valence-electron chi connectivity index (χ1n) is 4.12. The van der Waals surface area contributed by atoms with Crippen LogP contribution in [0.1, 0.15) is 0 Å². The predicted molar refractivity (Wildman–Crippen MR) is 60.1 cm³/mol. The second-order valence-corrected chi connectivity index (χ2v) is 4.06. The molecule has 0 N–H and O–H groups in total. The van der Waals surface area contributed by atoms with E-state index in [0.29, 0.717) is 15.7 Å². The fraction of sp³-hybridized carbons (Fsp3) is 0. The van der Waals surface area contributed by atoms with E-state index in [1.165, 1.54) is 6.07 Å². The molecule has 0 fully saturated rings. The van der Waals surface area contributed by atoms with Gasteiger partial charge in [0.15, 0.2) is 5.15 Å². The Morgan fingerprint density at radius 3 is 2.60 bits per heavy atom. The van der Waals surface area contributed by atoms with Gasteiger partial charge in [0.05, 0.1) is 10.2 Å². The summed E-state index contributed by atoms with van der Waals surface area (Å²) in [6.45, 7) is 0. The second kappa shape index (κ2) is 4.24. The van der Waals surface area contributed by atoms with Crippen LogP contribution >= 0.6 is 27.5 Å². The molecule has 0 amide bonds. The Kier molecular flexibility index (Phi) is 2.98. The number of hydrogen-bond acceptors (Lipinski definition) is 2. The molecule has 2 rings (SSSR count).